The van der Waals surface area contributed by atoms with E-state index in [0.29, 0.717) is 0 Å². The van der Waals surface area contributed by atoms with Crippen molar-refractivity contribution in [3.05, 3.63) is 36.5 Å². The maximum atomic E-state index is 2.21. The summed E-state index contributed by atoms with van der Waals surface area (Å²) >= 11 is 0. The van der Waals surface area contributed by atoms with Crippen LogP contribution in [-0.4, -0.2) is 0 Å². The van der Waals surface area contributed by atoms with Crippen LogP contribution in [0.2, 0.25) is 0 Å². The van der Waals surface area contributed by atoms with Crippen molar-refractivity contribution in [2.75, 3.05) is 0 Å². The lowest BCUT2D eigenvalue weighted by Gasteiger charge is -1.84. The summed E-state index contributed by atoms with van der Waals surface area (Å²) in [5.41, 5.74) is 0. The highest BCUT2D eigenvalue weighted by Crippen LogP contribution is 1.94. The lowest BCUT2D eigenvalue weighted by molar-refractivity contribution is 0.815. The van der Waals surface area contributed by atoms with Crippen LogP contribution in [0.3, 0.4) is 0 Å². The number of hydrogen-bond acceptors (Lipinski definition) is 0. The molecule has 0 fully saturated rings. The quantitative estimate of drug-likeness (QED) is 0.412. The van der Waals surface area contributed by atoms with Gasteiger partial charge in [0.05, 0.1) is 0 Å². The van der Waals surface area contributed by atoms with Crippen LogP contribution in [-0.2, 0) is 0 Å². The van der Waals surface area contributed by atoms with Crippen LogP contribution in [0.5, 0.6) is 0 Å². The topological polar surface area (TPSA) is 0 Å². The minimum Gasteiger partial charge on any atom is -0.0877 e. The molecule has 0 spiro atoms. The monoisotopic (exact) mass is 150 g/mol. The molecule has 62 valence electrons. The molecule has 0 heterocycles. The SMILES string of the molecule is CC=CC=CC=CCCCC. The summed E-state index contributed by atoms with van der Waals surface area (Å²) in [6, 6.07) is 0. The zero-order valence-electron chi connectivity index (χ0n) is 7.59. The normalized spacial score (nSPS) is 12.5. The van der Waals surface area contributed by atoms with Crippen molar-refractivity contribution < 1.29 is 0 Å². The molecule has 0 N–H and O–H groups in total. The van der Waals surface area contributed by atoms with Gasteiger partial charge in [0.1, 0.15) is 0 Å². The predicted octanol–water partition coefficient (Wildman–Crippen LogP) is 3.87. The predicted molar refractivity (Wildman–Crippen MR) is 52.6 cm³/mol. The molecule has 0 aromatic carbocycles. The second-order valence-corrected chi connectivity index (χ2v) is 2.48. The lowest BCUT2D eigenvalue weighted by atomic mass is 10.2. The molecule has 0 aliphatic heterocycles. The fourth-order valence-corrected chi connectivity index (χ4v) is 0.736. The van der Waals surface area contributed by atoms with Crippen LogP contribution in [0, 0.1) is 0 Å². The Hall–Kier alpha value is -0.780. The van der Waals surface area contributed by atoms with Crippen LogP contribution >= 0.6 is 0 Å². The fraction of sp³-hybridized carbons (Fsp3) is 0.455. The molecule has 0 aromatic rings. The van der Waals surface area contributed by atoms with E-state index in [-0.39, 0.29) is 0 Å². The first-order chi connectivity index (χ1) is 5.41. The van der Waals surface area contributed by atoms with Gasteiger partial charge in [-0.15, -0.1) is 0 Å². The molecule has 0 rings (SSSR count). The minimum atomic E-state index is 1.21. The average molecular weight is 150 g/mol. The van der Waals surface area contributed by atoms with Crippen molar-refractivity contribution >= 4 is 0 Å². The van der Waals surface area contributed by atoms with Gasteiger partial charge in [0, 0.05) is 0 Å². The van der Waals surface area contributed by atoms with Gasteiger partial charge in [0.2, 0.25) is 0 Å². The van der Waals surface area contributed by atoms with E-state index in [4.69, 9.17) is 0 Å². The maximum Gasteiger partial charge on any atom is -0.0348 e. The second-order valence-electron chi connectivity index (χ2n) is 2.48. The van der Waals surface area contributed by atoms with Gasteiger partial charge in [-0.2, -0.15) is 0 Å². The number of allylic oxidation sites excluding steroid dienone is 6. The van der Waals surface area contributed by atoms with Crippen molar-refractivity contribution in [1.29, 1.82) is 0 Å². The molecule has 0 saturated heterocycles. The first kappa shape index (κ1) is 10.2. The van der Waals surface area contributed by atoms with Gasteiger partial charge in [0.25, 0.3) is 0 Å². The van der Waals surface area contributed by atoms with E-state index in [1.54, 1.807) is 0 Å². The van der Waals surface area contributed by atoms with E-state index in [2.05, 4.69) is 25.2 Å². The summed E-state index contributed by atoms with van der Waals surface area (Å²) in [6.07, 6.45) is 16.3. The Bertz CT molecular complexity index is 138. The van der Waals surface area contributed by atoms with Crippen molar-refractivity contribution in [2.45, 2.75) is 33.1 Å². The number of hydrogen-bond donors (Lipinski definition) is 0. The van der Waals surface area contributed by atoms with E-state index in [9.17, 15) is 0 Å². The Kier molecular flexibility index (Phi) is 8.57. The number of unbranched alkanes of at least 4 members (excludes halogenated alkanes) is 2. The Morgan fingerprint density at radius 2 is 1.73 bits per heavy atom. The van der Waals surface area contributed by atoms with Crippen LogP contribution in [0.15, 0.2) is 36.5 Å². The van der Waals surface area contributed by atoms with E-state index in [0.717, 1.165) is 0 Å². The maximum absolute atomic E-state index is 2.21. The summed E-state index contributed by atoms with van der Waals surface area (Å²) in [4.78, 5) is 0. The van der Waals surface area contributed by atoms with Crippen molar-refractivity contribution in [3.8, 4) is 0 Å². The fourth-order valence-electron chi connectivity index (χ4n) is 0.736. The van der Waals surface area contributed by atoms with Gasteiger partial charge >= 0.3 is 0 Å². The Balaban J connectivity index is 3.28. The van der Waals surface area contributed by atoms with Gasteiger partial charge in [0.15, 0.2) is 0 Å². The van der Waals surface area contributed by atoms with Crippen molar-refractivity contribution in [3.63, 3.8) is 0 Å². The Labute approximate surface area is 70.3 Å². The van der Waals surface area contributed by atoms with E-state index in [1.807, 2.05) is 25.2 Å². The molecule has 0 heteroatoms. The molecule has 11 heavy (non-hydrogen) atoms. The molecule has 0 atom stereocenters. The van der Waals surface area contributed by atoms with Gasteiger partial charge in [-0.25, -0.2) is 0 Å². The highest BCUT2D eigenvalue weighted by molar-refractivity contribution is 5.10. The summed E-state index contributed by atoms with van der Waals surface area (Å²) in [5, 5.41) is 0. The van der Waals surface area contributed by atoms with E-state index >= 15 is 0 Å². The summed E-state index contributed by atoms with van der Waals surface area (Å²) in [5.74, 6) is 0. The second kappa shape index (κ2) is 9.22. The summed E-state index contributed by atoms with van der Waals surface area (Å²) in [6.45, 7) is 4.23. The Morgan fingerprint density at radius 3 is 2.36 bits per heavy atom. The van der Waals surface area contributed by atoms with Gasteiger partial charge in [-0.3, -0.25) is 0 Å². The average Bonchev–Trinajstić information content (AvgIpc) is 2.03. The summed E-state index contributed by atoms with van der Waals surface area (Å²) < 4.78 is 0. The molecule has 0 saturated carbocycles. The minimum absolute atomic E-state index is 1.21. The van der Waals surface area contributed by atoms with Crippen LogP contribution in [0.1, 0.15) is 33.1 Å². The highest BCUT2D eigenvalue weighted by atomic mass is 13.8. The zero-order valence-corrected chi connectivity index (χ0v) is 7.59. The third-order valence-electron chi connectivity index (χ3n) is 1.39. The third-order valence-corrected chi connectivity index (χ3v) is 1.39. The largest absolute Gasteiger partial charge is 0.0877 e. The van der Waals surface area contributed by atoms with E-state index < -0.39 is 0 Å². The van der Waals surface area contributed by atoms with E-state index in [1.165, 1.54) is 19.3 Å². The third kappa shape index (κ3) is 9.22. The number of rotatable bonds is 5. The molecule has 0 nitrogen and oxygen atoms in total. The van der Waals surface area contributed by atoms with Crippen molar-refractivity contribution in [2.24, 2.45) is 0 Å². The molecular weight excluding hydrogens is 132 g/mol. The molecule has 0 aromatic heterocycles. The zero-order chi connectivity index (χ0) is 8.36. The van der Waals surface area contributed by atoms with Crippen molar-refractivity contribution in [1.82, 2.24) is 0 Å². The van der Waals surface area contributed by atoms with Gasteiger partial charge in [-0.1, -0.05) is 56.2 Å². The van der Waals surface area contributed by atoms with Gasteiger partial charge < -0.3 is 0 Å². The summed E-state index contributed by atoms with van der Waals surface area (Å²) in [7, 11) is 0. The molecular formula is C11H18. The Morgan fingerprint density at radius 1 is 1.00 bits per heavy atom. The first-order valence-electron chi connectivity index (χ1n) is 4.36. The highest BCUT2D eigenvalue weighted by Gasteiger charge is 1.74. The van der Waals surface area contributed by atoms with Crippen LogP contribution in [0.4, 0.5) is 0 Å². The molecule has 0 aliphatic carbocycles. The molecule has 0 bridgehead atoms. The standard InChI is InChI=1S/C11H18/c1-3-5-7-9-11-10-8-6-4-2/h3,5,7,9-11H,4,6,8H2,1-2H3. The molecule has 0 amide bonds. The van der Waals surface area contributed by atoms with Gasteiger partial charge in [-0.05, 0) is 13.3 Å². The molecule has 0 aliphatic rings. The molecule has 0 radical (unpaired) electrons. The van der Waals surface area contributed by atoms with Crippen LogP contribution in [0.25, 0.3) is 0 Å². The molecule has 0 unspecified atom stereocenters. The smallest absolute Gasteiger partial charge is 0.0348 e. The first-order valence-corrected chi connectivity index (χ1v) is 4.36. The lowest BCUT2D eigenvalue weighted by Crippen LogP contribution is -1.64. The van der Waals surface area contributed by atoms with Crippen LogP contribution < -0.4 is 0 Å².